The monoisotopic (exact) mass is 390 g/mol. The van der Waals surface area contributed by atoms with Crippen LogP contribution in [0.4, 0.5) is 13.9 Å². The van der Waals surface area contributed by atoms with Crippen LogP contribution in [0.1, 0.15) is 20.8 Å². The number of carbonyl (C=O) groups excluding carboxylic acids is 1. The Balaban J connectivity index is 1.76. The van der Waals surface area contributed by atoms with E-state index in [9.17, 15) is 13.6 Å². The number of halogens is 2. The van der Waals surface area contributed by atoms with E-state index in [1.165, 1.54) is 36.6 Å². The van der Waals surface area contributed by atoms with E-state index in [2.05, 4.69) is 15.0 Å². The van der Waals surface area contributed by atoms with Crippen molar-refractivity contribution >= 4 is 22.4 Å². The fraction of sp³-hybridized carbons (Fsp3) is 0.158. The van der Waals surface area contributed by atoms with E-state index in [1.54, 1.807) is 6.20 Å². The summed E-state index contributed by atoms with van der Waals surface area (Å²) in [6.07, 6.45) is 2.36. The Kier molecular flexibility index (Phi) is 5.97. The Morgan fingerprint density at radius 2 is 1.96 bits per heavy atom. The van der Waals surface area contributed by atoms with Gasteiger partial charge in [0, 0.05) is 17.5 Å². The molecule has 0 fully saturated rings. The van der Waals surface area contributed by atoms with Crippen LogP contribution in [0.2, 0.25) is 0 Å². The third-order valence-corrected chi connectivity index (χ3v) is 4.56. The highest BCUT2D eigenvalue weighted by molar-refractivity contribution is 7.15. The van der Waals surface area contributed by atoms with Gasteiger partial charge < -0.3 is 9.47 Å². The van der Waals surface area contributed by atoms with Crippen LogP contribution in [-0.2, 0) is 6.42 Å². The van der Waals surface area contributed by atoms with Crippen LogP contribution in [0.15, 0.2) is 54.7 Å². The molecular weight excluding hydrogens is 374 g/mol. The summed E-state index contributed by atoms with van der Waals surface area (Å²) in [4.78, 5) is 17.7. The minimum atomic E-state index is -3.08. The first-order chi connectivity index (χ1) is 13.1. The van der Waals surface area contributed by atoms with Crippen molar-refractivity contribution in [1.29, 1.82) is 0 Å². The molecule has 0 radical (unpaired) electrons. The highest BCUT2D eigenvalue weighted by Gasteiger charge is 2.21. The molecule has 0 aliphatic heterocycles. The Morgan fingerprint density at radius 3 is 2.67 bits per heavy atom. The van der Waals surface area contributed by atoms with Crippen molar-refractivity contribution in [3.05, 3.63) is 70.7 Å². The number of carbonyl (C=O) groups is 1. The van der Waals surface area contributed by atoms with Gasteiger partial charge in [-0.1, -0.05) is 36.4 Å². The topological polar surface area (TPSA) is 60.5 Å². The maximum Gasteiger partial charge on any atom is 0.387 e. The number of methoxy groups -OCH3 is 1. The third kappa shape index (κ3) is 4.79. The van der Waals surface area contributed by atoms with Gasteiger partial charge in [-0.3, -0.25) is 10.1 Å². The predicted octanol–water partition coefficient (Wildman–Crippen LogP) is 4.60. The number of para-hydroxylation sites is 1. The standard InChI is InChI=1S/C19H16F2N2O3S/c1-25-15-9-5-8-14(16(15)26-18(20)21)17(24)23-19-22-11-13(27-19)10-12-6-3-2-4-7-12/h2-9,11,18H,10H2,1H3,(H,22,23,24). The summed E-state index contributed by atoms with van der Waals surface area (Å²) < 4.78 is 34.9. The number of aromatic nitrogens is 1. The lowest BCUT2D eigenvalue weighted by Gasteiger charge is -2.13. The van der Waals surface area contributed by atoms with E-state index in [4.69, 9.17) is 4.74 Å². The number of amides is 1. The second-order valence-electron chi connectivity index (χ2n) is 5.46. The zero-order valence-corrected chi connectivity index (χ0v) is 15.1. The largest absolute Gasteiger partial charge is 0.493 e. The third-order valence-electron chi connectivity index (χ3n) is 3.65. The van der Waals surface area contributed by atoms with E-state index >= 15 is 0 Å². The molecule has 5 nitrogen and oxygen atoms in total. The number of nitrogens with zero attached hydrogens (tertiary/aromatic N) is 1. The van der Waals surface area contributed by atoms with Crippen LogP contribution < -0.4 is 14.8 Å². The van der Waals surface area contributed by atoms with E-state index in [-0.39, 0.29) is 17.1 Å². The van der Waals surface area contributed by atoms with Gasteiger partial charge in [0.25, 0.3) is 5.91 Å². The summed E-state index contributed by atoms with van der Waals surface area (Å²) in [6.45, 7) is -3.08. The minimum Gasteiger partial charge on any atom is -0.493 e. The van der Waals surface area contributed by atoms with Gasteiger partial charge in [-0.05, 0) is 17.7 Å². The highest BCUT2D eigenvalue weighted by Crippen LogP contribution is 2.33. The van der Waals surface area contributed by atoms with E-state index in [0.717, 1.165) is 10.4 Å². The average molecular weight is 390 g/mol. The van der Waals surface area contributed by atoms with Gasteiger partial charge in [-0.25, -0.2) is 4.98 Å². The van der Waals surface area contributed by atoms with Crippen molar-refractivity contribution in [3.8, 4) is 11.5 Å². The van der Waals surface area contributed by atoms with Gasteiger partial charge in [0.2, 0.25) is 0 Å². The minimum absolute atomic E-state index is 0.0480. The van der Waals surface area contributed by atoms with Gasteiger partial charge >= 0.3 is 6.61 Å². The number of nitrogens with one attached hydrogen (secondary N) is 1. The number of alkyl halides is 2. The van der Waals surface area contributed by atoms with E-state index in [1.807, 2.05) is 30.3 Å². The maximum atomic E-state index is 12.7. The molecule has 1 amide bonds. The van der Waals surface area contributed by atoms with Crippen molar-refractivity contribution in [1.82, 2.24) is 4.98 Å². The fourth-order valence-corrected chi connectivity index (χ4v) is 3.32. The SMILES string of the molecule is COc1cccc(C(=O)Nc2ncc(Cc3ccccc3)s2)c1OC(F)F. The normalized spacial score (nSPS) is 10.7. The second kappa shape index (κ2) is 8.59. The molecule has 0 unspecified atom stereocenters. The summed E-state index contributed by atoms with van der Waals surface area (Å²) >= 11 is 1.32. The number of ether oxygens (including phenoxy) is 2. The van der Waals surface area contributed by atoms with Gasteiger partial charge in [-0.15, -0.1) is 11.3 Å². The molecule has 0 aliphatic carbocycles. The first kappa shape index (κ1) is 18.8. The van der Waals surface area contributed by atoms with Crippen LogP contribution in [0.3, 0.4) is 0 Å². The van der Waals surface area contributed by atoms with Crippen molar-refractivity contribution in [2.75, 3.05) is 12.4 Å². The molecule has 1 heterocycles. The smallest absolute Gasteiger partial charge is 0.387 e. The van der Waals surface area contributed by atoms with Gasteiger partial charge in [-0.2, -0.15) is 8.78 Å². The van der Waals surface area contributed by atoms with Crippen molar-refractivity contribution in [2.24, 2.45) is 0 Å². The van der Waals surface area contributed by atoms with E-state index < -0.39 is 12.5 Å². The summed E-state index contributed by atoms with van der Waals surface area (Å²) in [5.41, 5.74) is 1.06. The molecule has 0 saturated carbocycles. The molecule has 0 spiro atoms. The average Bonchev–Trinajstić information content (AvgIpc) is 3.09. The highest BCUT2D eigenvalue weighted by atomic mass is 32.1. The number of benzene rings is 2. The Labute approximate surface area is 158 Å². The van der Waals surface area contributed by atoms with Crippen LogP contribution in [0, 0.1) is 0 Å². The summed E-state index contributed by atoms with van der Waals surface area (Å²) in [6, 6.07) is 14.2. The van der Waals surface area contributed by atoms with Gasteiger partial charge in [0.1, 0.15) is 0 Å². The van der Waals surface area contributed by atoms with Crippen LogP contribution in [-0.4, -0.2) is 24.6 Å². The van der Waals surface area contributed by atoms with E-state index in [0.29, 0.717) is 11.6 Å². The number of anilines is 1. The molecule has 0 aliphatic rings. The lowest BCUT2D eigenvalue weighted by atomic mass is 10.1. The summed E-state index contributed by atoms with van der Waals surface area (Å²) in [5, 5.41) is 2.99. The lowest BCUT2D eigenvalue weighted by molar-refractivity contribution is -0.0515. The molecule has 140 valence electrons. The summed E-state index contributed by atoms with van der Waals surface area (Å²) in [7, 11) is 1.31. The number of rotatable bonds is 7. The molecule has 1 N–H and O–H groups in total. The van der Waals surface area contributed by atoms with Gasteiger partial charge in [0.15, 0.2) is 16.6 Å². The first-order valence-electron chi connectivity index (χ1n) is 7.98. The fourth-order valence-electron chi connectivity index (χ4n) is 2.47. The zero-order valence-electron chi connectivity index (χ0n) is 14.3. The lowest BCUT2D eigenvalue weighted by Crippen LogP contribution is -2.15. The van der Waals surface area contributed by atoms with Crippen molar-refractivity contribution in [2.45, 2.75) is 13.0 Å². The molecule has 0 bridgehead atoms. The number of hydrogen-bond acceptors (Lipinski definition) is 5. The quantitative estimate of drug-likeness (QED) is 0.641. The predicted molar refractivity (Wildman–Crippen MR) is 98.9 cm³/mol. The molecule has 8 heteroatoms. The maximum absolute atomic E-state index is 12.7. The molecule has 0 atom stereocenters. The first-order valence-corrected chi connectivity index (χ1v) is 8.80. The summed E-state index contributed by atoms with van der Waals surface area (Å²) in [5.74, 6) is -0.870. The number of thiazole rings is 1. The number of hydrogen-bond donors (Lipinski definition) is 1. The van der Waals surface area contributed by atoms with Crippen molar-refractivity contribution in [3.63, 3.8) is 0 Å². The van der Waals surface area contributed by atoms with Gasteiger partial charge in [0.05, 0.1) is 12.7 Å². The Bertz CT molecular complexity index is 916. The molecule has 3 aromatic rings. The van der Waals surface area contributed by atoms with Crippen LogP contribution in [0.5, 0.6) is 11.5 Å². The van der Waals surface area contributed by atoms with Crippen LogP contribution >= 0.6 is 11.3 Å². The molecule has 2 aromatic carbocycles. The molecule has 3 rings (SSSR count). The second-order valence-corrected chi connectivity index (χ2v) is 6.58. The Hall–Kier alpha value is -3.00. The molecule has 27 heavy (non-hydrogen) atoms. The molecule has 1 aromatic heterocycles. The van der Waals surface area contributed by atoms with Crippen molar-refractivity contribution < 1.29 is 23.0 Å². The molecule has 0 saturated heterocycles. The molecular formula is C19H16F2N2O3S. The van der Waals surface area contributed by atoms with Crippen LogP contribution in [0.25, 0.3) is 0 Å². The Morgan fingerprint density at radius 1 is 1.19 bits per heavy atom. The zero-order chi connectivity index (χ0) is 19.2.